The molecule has 2 aromatic rings. The van der Waals surface area contributed by atoms with Gasteiger partial charge in [0.1, 0.15) is 5.82 Å². The Balaban J connectivity index is 1.64. The van der Waals surface area contributed by atoms with Crippen LogP contribution in [0.1, 0.15) is 43.7 Å². The van der Waals surface area contributed by atoms with Crippen molar-refractivity contribution < 1.29 is 14.6 Å². The number of aromatic nitrogens is 2. The minimum Gasteiger partial charge on any atom is -0.393 e. The Morgan fingerprint density at radius 1 is 1.38 bits per heavy atom. The standard InChI is InChI=1S/C18H22FN3O2/c19-13-3-1-2-12-15-9-21-10-22(15)14(17(12)13)8-16(24)18(20)6-4-11(23)5-7-18/h1-3,9-11,14,16,23-24H,4-8,20H2. The minimum absolute atomic E-state index is 0.265. The first kappa shape index (κ1) is 15.7. The van der Waals surface area contributed by atoms with Gasteiger partial charge in [-0.05, 0) is 31.7 Å². The van der Waals surface area contributed by atoms with Crippen molar-refractivity contribution >= 4 is 0 Å². The van der Waals surface area contributed by atoms with Gasteiger partial charge in [0.05, 0.1) is 36.5 Å². The molecule has 2 aliphatic rings. The van der Waals surface area contributed by atoms with Crippen molar-refractivity contribution in [1.29, 1.82) is 0 Å². The molecule has 0 bridgehead atoms. The van der Waals surface area contributed by atoms with Gasteiger partial charge in [0.25, 0.3) is 0 Å². The first-order valence-electron chi connectivity index (χ1n) is 8.45. The molecular weight excluding hydrogens is 309 g/mol. The summed E-state index contributed by atoms with van der Waals surface area (Å²) in [7, 11) is 0. The molecule has 4 rings (SSSR count). The van der Waals surface area contributed by atoms with Crippen LogP contribution in [0.3, 0.4) is 0 Å². The van der Waals surface area contributed by atoms with E-state index in [9.17, 15) is 14.6 Å². The number of nitrogens with two attached hydrogens (primary N) is 1. The zero-order valence-electron chi connectivity index (χ0n) is 13.4. The van der Waals surface area contributed by atoms with Gasteiger partial charge >= 0.3 is 0 Å². The lowest BCUT2D eigenvalue weighted by Crippen LogP contribution is -2.54. The van der Waals surface area contributed by atoms with Gasteiger partial charge in [-0.25, -0.2) is 9.37 Å². The molecule has 24 heavy (non-hydrogen) atoms. The minimum atomic E-state index is -0.768. The van der Waals surface area contributed by atoms with Crippen LogP contribution in [0.5, 0.6) is 0 Å². The number of imidazole rings is 1. The molecule has 0 radical (unpaired) electrons. The number of halogens is 1. The second-order valence-corrected chi connectivity index (χ2v) is 7.12. The van der Waals surface area contributed by atoms with E-state index in [0.717, 1.165) is 11.3 Å². The maximum absolute atomic E-state index is 14.4. The van der Waals surface area contributed by atoms with Crippen LogP contribution < -0.4 is 5.73 Å². The molecule has 1 aromatic carbocycles. The van der Waals surface area contributed by atoms with E-state index in [1.807, 2.05) is 10.6 Å². The fourth-order valence-electron chi connectivity index (χ4n) is 4.15. The SMILES string of the molecule is NC1(C(O)CC2c3c(F)cccc3-c3cncn32)CCC(O)CC1. The lowest BCUT2D eigenvalue weighted by molar-refractivity contribution is 0.0130. The Hall–Kier alpha value is -1.76. The second-order valence-electron chi connectivity index (χ2n) is 7.12. The van der Waals surface area contributed by atoms with Gasteiger partial charge in [-0.3, -0.25) is 0 Å². The average Bonchev–Trinajstić information content (AvgIpc) is 3.14. The molecule has 5 nitrogen and oxygen atoms in total. The molecule has 2 unspecified atom stereocenters. The van der Waals surface area contributed by atoms with Gasteiger partial charge in [0.15, 0.2) is 0 Å². The number of hydrogen-bond donors (Lipinski definition) is 3. The van der Waals surface area contributed by atoms with Crippen LogP contribution in [0, 0.1) is 5.82 Å². The summed E-state index contributed by atoms with van der Waals surface area (Å²) < 4.78 is 16.4. The maximum atomic E-state index is 14.4. The second kappa shape index (κ2) is 5.65. The number of aliphatic hydroxyl groups is 2. The molecule has 128 valence electrons. The average molecular weight is 331 g/mol. The quantitative estimate of drug-likeness (QED) is 0.803. The first-order chi connectivity index (χ1) is 11.5. The van der Waals surface area contributed by atoms with E-state index < -0.39 is 11.6 Å². The van der Waals surface area contributed by atoms with E-state index >= 15 is 0 Å². The lowest BCUT2D eigenvalue weighted by Gasteiger charge is -2.40. The fourth-order valence-corrected chi connectivity index (χ4v) is 4.15. The first-order valence-corrected chi connectivity index (χ1v) is 8.45. The summed E-state index contributed by atoms with van der Waals surface area (Å²) >= 11 is 0. The van der Waals surface area contributed by atoms with Crippen molar-refractivity contribution in [3.8, 4) is 11.3 Å². The Morgan fingerprint density at radius 3 is 2.88 bits per heavy atom. The normalized spacial score (nSPS) is 30.0. The van der Waals surface area contributed by atoms with E-state index in [2.05, 4.69) is 4.98 Å². The summed E-state index contributed by atoms with van der Waals surface area (Å²) in [6, 6.07) is 4.72. The van der Waals surface area contributed by atoms with Crippen LogP contribution in [0.15, 0.2) is 30.7 Å². The van der Waals surface area contributed by atoms with Gasteiger partial charge in [0, 0.05) is 23.1 Å². The van der Waals surface area contributed by atoms with Crippen molar-refractivity contribution in [3.05, 3.63) is 42.1 Å². The van der Waals surface area contributed by atoms with E-state index in [0.29, 0.717) is 37.7 Å². The molecule has 0 spiro atoms. The van der Waals surface area contributed by atoms with Crippen LogP contribution in [-0.4, -0.2) is 37.5 Å². The third kappa shape index (κ3) is 2.37. The van der Waals surface area contributed by atoms with Crippen LogP contribution >= 0.6 is 0 Å². The summed E-state index contributed by atoms with van der Waals surface area (Å²) in [4.78, 5) is 4.16. The topological polar surface area (TPSA) is 84.3 Å². The number of fused-ring (bicyclic) bond motifs is 3. The molecule has 2 heterocycles. The Morgan fingerprint density at radius 2 is 2.12 bits per heavy atom. The molecule has 2 atom stereocenters. The molecule has 6 heteroatoms. The third-order valence-electron chi connectivity index (χ3n) is 5.66. The van der Waals surface area contributed by atoms with Crippen molar-refractivity contribution in [1.82, 2.24) is 9.55 Å². The molecule has 1 aliphatic carbocycles. The van der Waals surface area contributed by atoms with Gasteiger partial charge in [-0.15, -0.1) is 0 Å². The highest BCUT2D eigenvalue weighted by Gasteiger charge is 2.41. The molecule has 1 aromatic heterocycles. The van der Waals surface area contributed by atoms with E-state index in [1.165, 1.54) is 6.07 Å². The summed E-state index contributed by atoms with van der Waals surface area (Å²) in [6.45, 7) is 0. The predicted octanol–water partition coefficient (Wildman–Crippen LogP) is 1.98. The van der Waals surface area contributed by atoms with Gasteiger partial charge in [-0.1, -0.05) is 12.1 Å². The zero-order chi connectivity index (χ0) is 16.9. The van der Waals surface area contributed by atoms with Crippen molar-refractivity contribution in [2.24, 2.45) is 5.73 Å². The highest BCUT2D eigenvalue weighted by atomic mass is 19.1. The molecule has 1 aliphatic heterocycles. The summed E-state index contributed by atoms with van der Waals surface area (Å²) in [6.07, 6.45) is 4.98. The predicted molar refractivity (Wildman–Crippen MR) is 87.8 cm³/mol. The zero-order valence-corrected chi connectivity index (χ0v) is 13.4. The van der Waals surface area contributed by atoms with Gasteiger partial charge in [-0.2, -0.15) is 0 Å². The Bertz CT molecular complexity index is 752. The molecule has 1 saturated carbocycles. The van der Waals surface area contributed by atoms with E-state index in [-0.39, 0.29) is 18.0 Å². The van der Waals surface area contributed by atoms with Crippen molar-refractivity contribution in [2.45, 2.75) is 55.9 Å². The summed E-state index contributed by atoms with van der Waals surface area (Å²) in [5, 5.41) is 20.5. The highest BCUT2D eigenvalue weighted by Crippen LogP contribution is 2.44. The fraction of sp³-hybridized carbons (Fsp3) is 0.500. The van der Waals surface area contributed by atoms with Crippen LogP contribution in [0.2, 0.25) is 0 Å². The third-order valence-corrected chi connectivity index (χ3v) is 5.66. The largest absolute Gasteiger partial charge is 0.393 e. The molecule has 4 N–H and O–H groups in total. The van der Waals surface area contributed by atoms with Gasteiger partial charge in [0.2, 0.25) is 0 Å². The van der Waals surface area contributed by atoms with Crippen molar-refractivity contribution in [2.75, 3.05) is 0 Å². The molecule has 0 saturated heterocycles. The van der Waals surface area contributed by atoms with Crippen LogP contribution in [0.4, 0.5) is 4.39 Å². The van der Waals surface area contributed by atoms with E-state index in [4.69, 9.17) is 5.73 Å². The van der Waals surface area contributed by atoms with Gasteiger partial charge < -0.3 is 20.5 Å². The summed E-state index contributed by atoms with van der Waals surface area (Å²) in [5.74, 6) is -0.265. The molecular formula is C18H22FN3O2. The monoisotopic (exact) mass is 331 g/mol. The maximum Gasteiger partial charge on any atom is 0.129 e. The number of aliphatic hydroxyl groups excluding tert-OH is 2. The molecule has 1 fully saturated rings. The number of hydrogen-bond acceptors (Lipinski definition) is 4. The number of nitrogens with zero attached hydrogens (tertiary/aromatic N) is 2. The smallest absolute Gasteiger partial charge is 0.129 e. The number of benzene rings is 1. The van der Waals surface area contributed by atoms with E-state index in [1.54, 1.807) is 18.6 Å². The summed E-state index contributed by atoms with van der Waals surface area (Å²) in [5.41, 5.74) is 7.99. The molecule has 0 amide bonds. The van der Waals surface area contributed by atoms with Crippen LogP contribution in [-0.2, 0) is 0 Å². The number of rotatable bonds is 3. The van der Waals surface area contributed by atoms with Crippen molar-refractivity contribution in [3.63, 3.8) is 0 Å². The highest BCUT2D eigenvalue weighted by molar-refractivity contribution is 5.69. The lowest BCUT2D eigenvalue weighted by atomic mass is 9.75. The Kier molecular flexibility index (Phi) is 3.71. The Labute approximate surface area is 139 Å². The van der Waals surface area contributed by atoms with Crippen LogP contribution in [0.25, 0.3) is 11.3 Å².